The molecular weight excluding hydrogens is 455 g/mol. The molecular formula is C23H19N2NaO6S. The van der Waals surface area contributed by atoms with Gasteiger partial charge in [-0.05, 0) is 61.1 Å². The van der Waals surface area contributed by atoms with Crippen LogP contribution in [0.3, 0.4) is 0 Å². The molecule has 33 heavy (non-hydrogen) atoms. The van der Waals surface area contributed by atoms with E-state index in [2.05, 4.69) is 8.75 Å². The van der Waals surface area contributed by atoms with Crippen molar-refractivity contribution in [2.75, 3.05) is 6.79 Å². The Morgan fingerprint density at radius 1 is 1.03 bits per heavy atom. The van der Waals surface area contributed by atoms with Gasteiger partial charge in [0.1, 0.15) is 11.0 Å². The minimum Gasteiger partial charge on any atom is -0.545 e. The van der Waals surface area contributed by atoms with Crippen molar-refractivity contribution in [3.05, 3.63) is 53.1 Å². The Bertz CT molecular complexity index is 1260. The SMILES string of the molecule is O=C([O-])C(=C(CC1CCCC1O)C(=O)c1ccc2c(c1)OCO2)c1ccc2nsnc2c1.[Na+]. The zero-order valence-electron chi connectivity index (χ0n) is 17.9. The Balaban J connectivity index is 0.00000259. The number of carbonyl (C=O) groups excluding carboxylic acids is 2. The minimum atomic E-state index is -1.45. The largest absolute Gasteiger partial charge is 1.00 e. The number of aliphatic hydroxyl groups excluding tert-OH is 1. The van der Waals surface area contributed by atoms with Crippen molar-refractivity contribution in [2.24, 2.45) is 5.92 Å². The second kappa shape index (κ2) is 9.90. The summed E-state index contributed by atoms with van der Waals surface area (Å²) in [6.07, 6.45) is 1.73. The summed E-state index contributed by atoms with van der Waals surface area (Å²) in [4.78, 5) is 26.0. The average Bonchev–Trinajstić information content (AvgIpc) is 3.52. The number of benzene rings is 2. The van der Waals surface area contributed by atoms with Crippen LogP contribution in [0.4, 0.5) is 0 Å². The number of hydrogen-bond donors (Lipinski definition) is 1. The average molecular weight is 474 g/mol. The number of Topliss-reactive ketones (excluding diaryl/α,β-unsaturated/α-hetero) is 1. The Morgan fingerprint density at radius 2 is 1.79 bits per heavy atom. The third-order valence-corrected chi connectivity index (χ3v) is 6.60. The monoisotopic (exact) mass is 474 g/mol. The summed E-state index contributed by atoms with van der Waals surface area (Å²) < 4.78 is 19.0. The molecule has 1 aliphatic heterocycles. The normalized spacial score (nSPS) is 19.8. The molecule has 1 saturated carbocycles. The van der Waals surface area contributed by atoms with Gasteiger partial charge in [0.25, 0.3) is 0 Å². The van der Waals surface area contributed by atoms with E-state index in [1.54, 1.807) is 36.4 Å². The molecule has 3 aromatic rings. The zero-order valence-corrected chi connectivity index (χ0v) is 20.8. The van der Waals surface area contributed by atoms with Crippen LogP contribution in [0.5, 0.6) is 11.5 Å². The molecule has 2 unspecified atom stereocenters. The molecule has 0 spiro atoms. The van der Waals surface area contributed by atoms with Gasteiger partial charge in [0, 0.05) is 16.7 Å². The van der Waals surface area contributed by atoms with Crippen LogP contribution in [0, 0.1) is 5.92 Å². The summed E-state index contributed by atoms with van der Waals surface area (Å²) in [6, 6.07) is 9.64. The molecule has 2 aromatic carbocycles. The van der Waals surface area contributed by atoms with Crippen LogP contribution in [0.25, 0.3) is 16.6 Å². The van der Waals surface area contributed by atoms with E-state index < -0.39 is 17.9 Å². The van der Waals surface area contributed by atoms with E-state index in [1.807, 2.05) is 0 Å². The van der Waals surface area contributed by atoms with E-state index >= 15 is 0 Å². The van der Waals surface area contributed by atoms with E-state index in [4.69, 9.17) is 9.47 Å². The van der Waals surface area contributed by atoms with E-state index in [9.17, 15) is 19.8 Å². The van der Waals surface area contributed by atoms with Crippen LogP contribution in [-0.2, 0) is 4.79 Å². The molecule has 0 saturated heterocycles. The number of fused-ring (bicyclic) bond motifs is 2. The van der Waals surface area contributed by atoms with Crippen molar-refractivity contribution in [2.45, 2.75) is 31.8 Å². The summed E-state index contributed by atoms with van der Waals surface area (Å²) in [7, 11) is 0. The molecule has 0 amide bonds. The van der Waals surface area contributed by atoms with Crippen molar-refractivity contribution >= 4 is 40.1 Å². The van der Waals surface area contributed by atoms with Crippen molar-refractivity contribution in [1.82, 2.24) is 8.75 Å². The van der Waals surface area contributed by atoms with E-state index in [0.717, 1.165) is 18.1 Å². The number of hydrogen-bond acceptors (Lipinski definition) is 9. The van der Waals surface area contributed by atoms with Crippen LogP contribution in [0.15, 0.2) is 42.0 Å². The number of aliphatic carboxylic acids is 1. The molecule has 1 aliphatic carbocycles. The molecule has 0 radical (unpaired) electrons. The molecule has 2 aliphatic rings. The minimum absolute atomic E-state index is 0. The van der Waals surface area contributed by atoms with Gasteiger partial charge in [-0.15, -0.1) is 0 Å². The number of rotatable bonds is 6. The molecule has 164 valence electrons. The molecule has 8 nitrogen and oxygen atoms in total. The van der Waals surface area contributed by atoms with Gasteiger partial charge in [-0.3, -0.25) is 4.79 Å². The van der Waals surface area contributed by atoms with Gasteiger partial charge in [-0.2, -0.15) is 8.75 Å². The fraction of sp³-hybridized carbons (Fsp3) is 0.304. The summed E-state index contributed by atoms with van der Waals surface area (Å²) in [5.41, 5.74) is 1.70. The van der Waals surface area contributed by atoms with Gasteiger partial charge < -0.3 is 24.5 Å². The van der Waals surface area contributed by atoms with Crippen LogP contribution in [0.1, 0.15) is 41.6 Å². The van der Waals surface area contributed by atoms with Gasteiger partial charge in [-0.1, -0.05) is 12.5 Å². The van der Waals surface area contributed by atoms with Crippen LogP contribution < -0.4 is 44.1 Å². The summed E-state index contributed by atoms with van der Waals surface area (Å²) >= 11 is 1.03. The van der Waals surface area contributed by atoms with Gasteiger partial charge in [0.15, 0.2) is 17.3 Å². The Labute approximate surface area is 215 Å². The molecule has 1 N–H and O–H groups in total. The Kier molecular flexibility index (Phi) is 7.16. The standard InChI is InChI=1S/C23H20N2O6S.Na/c26-18-3-1-2-12(18)8-15(22(27)14-5-7-19-20(10-14)31-11-30-19)21(23(28)29)13-4-6-16-17(9-13)25-32-24-16;/h4-7,9-10,12,18,26H,1-3,8,11H2,(H,28,29);/q;+1/p-1. The molecule has 1 fully saturated rings. The predicted molar refractivity (Wildman–Crippen MR) is 114 cm³/mol. The first kappa shape index (κ1) is 23.8. The van der Waals surface area contributed by atoms with Crippen molar-refractivity contribution in [1.29, 1.82) is 0 Å². The van der Waals surface area contributed by atoms with Crippen LogP contribution in [0.2, 0.25) is 0 Å². The quantitative estimate of drug-likeness (QED) is 0.285. The van der Waals surface area contributed by atoms with Gasteiger partial charge >= 0.3 is 29.6 Å². The molecule has 1 aromatic heterocycles. The fourth-order valence-electron chi connectivity index (χ4n) is 4.39. The van der Waals surface area contributed by atoms with Gasteiger partial charge in [0.05, 0.1) is 23.8 Å². The molecule has 2 atom stereocenters. The first-order chi connectivity index (χ1) is 15.5. The maximum atomic E-state index is 13.6. The second-order valence-electron chi connectivity index (χ2n) is 7.97. The summed E-state index contributed by atoms with van der Waals surface area (Å²) in [6.45, 7) is 0.0654. The summed E-state index contributed by atoms with van der Waals surface area (Å²) in [5.74, 6) is -1.15. The number of aromatic nitrogens is 2. The van der Waals surface area contributed by atoms with Gasteiger partial charge in [0.2, 0.25) is 6.79 Å². The van der Waals surface area contributed by atoms with E-state index in [0.29, 0.717) is 40.9 Å². The number of ketones is 1. The number of carbonyl (C=O) groups is 2. The van der Waals surface area contributed by atoms with E-state index in [1.165, 1.54) is 0 Å². The maximum absolute atomic E-state index is 13.6. The topological polar surface area (TPSA) is 122 Å². The van der Waals surface area contributed by atoms with E-state index in [-0.39, 0.29) is 65.4 Å². The third-order valence-electron chi connectivity index (χ3n) is 6.04. The van der Waals surface area contributed by atoms with Crippen molar-refractivity contribution in [3.8, 4) is 11.5 Å². The summed E-state index contributed by atoms with van der Waals surface area (Å²) in [5, 5.41) is 22.7. The Morgan fingerprint density at radius 3 is 2.55 bits per heavy atom. The molecule has 0 bridgehead atoms. The number of ether oxygens (including phenoxy) is 2. The van der Waals surface area contributed by atoms with Crippen molar-refractivity contribution in [3.63, 3.8) is 0 Å². The number of carboxylic acids is 1. The number of nitrogens with zero attached hydrogens (tertiary/aromatic N) is 2. The van der Waals surface area contributed by atoms with Crippen LogP contribution in [-0.4, -0.2) is 38.5 Å². The van der Waals surface area contributed by atoms with Crippen molar-refractivity contribution < 1.29 is 58.8 Å². The smallest absolute Gasteiger partial charge is 0.545 e. The third kappa shape index (κ3) is 4.69. The molecule has 2 heterocycles. The molecule has 5 rings (SSSR count). The second-order valence-corrected chi connectivity index (χ2v) is 8.50. The maximum Gasteiger partial charge on any atom is 1.00 e. The Hall–Kier alpha value is -2.30. The predicted octanol–water partition coefficient (Wildman–Crippen LogP) is -0.638. The zero-order chi connectivity index (χ0) is 22.2. The van der Waals surface area contributed by atoms with Crippen LogP contribution >= 0.6 is 11.7 Å². The number of allylic oxidation sites excluding steroid dienone is 1. The number of carboxylic acid groups (broad SMARTS) is 1. The first-order valence-electron chi connectivity index (χ1n) is 10.3. The fourth-order valence-corrected chi connectivity index (χ4v) is 4.91. The molecule has 10 heteroatoms. The first-order valence-corrected chi connectivity index (χ1v) is 11.0. The van der Waals surface area contributed by atoms with Gasteiger partial charge in [-0.25, -0.2) is 0 Å². The number of aliphatic hydroxyl groups is 1.